The first-order valence-electron chi connectivity index (χ1n) is 7.86. The summed E-state index contributed by atoms with van der Waals surface area (Å²) in [6.45, 7) is 3.32. The van der Waals surface area contributed by atoms with Gasteiger partial charge in [-0.25, -0.2) is 9.97 Å². The van der Waals surface area contributed by atoms with Gasteiger partial charge in [-0.2, -0.15) is 0 Å². The van der Waals surface area contributed by atoms with E-state index in [9.17, 15) is 10.1 Å². The summed E-state index contributed by atoms with van der Waals surface area (Å²) in [6, 6.07) is 8.12. The fourth-order valence-corrected chi connectivity index (χ4v) is 2.28. The lowest BCUT2D eigenvalue weighted by molar-refractivity contribution is -0.384. The Kier molecular flexibility index (Phi) is 4.93. The number of hydrogen-bond acceptors (Lipinski definition) is 7. The van der Waals surface area contributed by atoms with Gasteiger partial charge in [-0.3, -0.25) is 14.8 Å². The molecule has 0 aliphatic carbocycles. The predicted octanol–water partition coefficient (Wildman–Crippen LogP) is 2.32. The van der Waals surface area contributed by atoms with Crippen LogP contribution in [-0.2, 0) is 13.0 Å². The Morgan fingerprint density at radius 2 is 2.04 bits per heavy atom. The van der Waals surface area contributed by atoms with E-state index >= 15 is 0 Å². The van der Waals surface area contributed by atoms with Gasteiger partial charge in [0.15, 0.2) is 5.82 Å². The fourth-order valence-electron chi connectivity index (χ4n) is 2.28. The number of aromatic nitrogens is 5. The Labute approximate surface area is 143 Å². The first-order chi connectivity index (χ1) is 12.2. The highest BCUT2D eigenvalue weighted by Crippen LogP contribution is 2.21. The number of nitro groups is 1. The van der Waals surface area contributed by atoms with Gasteiger partial charge in [0.2, 0.25) is 0 Å². The summed E-state index contributed by atoms with van der Waals surface area (Å²) in [5, 5.41) is 21.7. The second-order valence-electron chi connectivity index (χ2n) is 5.32. The van der Waals surface area contributed by atoms with Crippen LogP contribution in [0.4, 0.5) is 11.5 Å². The molecule has 25 heavy (non-hydrogen) atoms. The molecule has 0 aliphatic rings. The minimum Gasteiger partial charge on any atom is -0.368 e. The molecular formula is C16H17N7O2. The van der Waals surface area contributed by atoms with E-state index in [4.69, 9.17) is 0 Å². The number of benzene rings is 1. The molecule has 0 radical (unpaired) electrons. The first kappa shape index (κ1) is 16.5. The summed E-state index contributed by atoms with van der Waals surface area (Å²) >= 11 is 0. The molecule has 1 N–H and O–H groups in total. The topological polar surface area (TPSA) is 112 Å². The largest absolute Gasteiger partial charge is 0.368 e. The van der Waals surface area contributed by atoms with Crippen LogP contribution < -0.4 is 5.32 Å². The molecule has 3 rings (SSSR count). The molecule has 9 nitrogen and oxygen atoms in total. The Balaban J connectivity index is 1.78. The quantitative estimate of drug-likeness (QED) is 0.519. The van der Waals surface area contributed by atoms with Gasteiger partial charge >= 0.3 is 0 Å². The number of anilines is 1. The van der Waals surface area contributed by atoms with Crippen molar-refractivity contribution in [3.63, 3.8) is 0 Å². The molecule has 0 saturated carbocycles. The third-order valence-corrected chi connectivity index (χ3v) is 3.60. The zero-order chi connectivity index (χ0) is 17.6. The average molecular weight is 339 g/mol. The second kappa shape index (κ2) is 7.47. The maximum atomic E-state index is 10.8. The van der Waals surface area contributed by atoms with Gasteiger partial charge in [0.25, 0.3) is 5.69 Å². The minimum atomic E-state index is -0.426. The maximum Gasteiger partial charge on any atom is 0.269 e. The fraction of sp³-hybridized carbons (Fsp3) is 0.250. The summed E-state index contributed by atoms with van der Waals surface area (Å²) < 4.78 is 1.73. The van der Waals surface area contributed by atoms with Crippen LogP contribution in [0.2, 0.25) is 0 Å². The van der Waals surface area contributed by atoms with Gasteiger partial charge in [0, 0.05) is 42.2 Å². The smallest absolute Gasteiger partial charge is 0.269 e. The molecule has 1 aromatic carbocycles. The van der Waals surface area contributed by atoms with Crippen molar-refractivity contribution in [1.29, 1.82) is 0 Å². The van der Waals surface area contributed by atoms with Crippen LogP contribution in [0.1, 0.15) is 12.6 Å². The normalized spacial score (nSPS) is 10.6. The number of nitrogens with one attached hydrogen (secondary N) is 1. The summed E-state index contributed by atoms with van der Waals surface area (Å²) in [7, 11) is 0. The van der Waals surface area contributed by atoms with Crippen LogP contribution in [-0.4, -0.2) is 36.4 Å². The van der Waals surface area contributed by atoms with Gasteiger partial charge in [0.05, 0.1) is 17.7 Å². The lowest BCUT2D eigenvalue weighted by Gasteiger charge is -2.09. The van der Waals surface area contributed by atoms with Crippen molar-refractivity contribution in [2.75, 3.05) is 11.9 Å². The number of rotatable bonds is 7. The van der Waals surface area contributed by atoms with E-state index in [0.717, 1.165) is 17.7 Å². The Hall–Kier alpha value is -3.36. The molecule has 0 bridgehead atoms. The number of aryl methyl sites for hydroxylation is 1. The van der Waals surface area contributed by atoms with E-state index in [1.165, 1.54) is 12.1 Å². The highest BCUT2D eigenvalue weighted by Gasteiger charge is 2.09. The Morgan fingerprint density at radius 3 is 2.68 bits per heavy atom. The highest BCUT2D eigenvalue weighted by atomic mass is 16.6. The van der Waals surface area contributed by atoms with Crippen LogP contribution in [0.25, 0.3) is 11.4 Å². The van der Waals surface area contributed by atoms with Crippen molar-refractivity contribution >= 4 is 11.5 Å². The molecule has 0 atom stereocenters. The van der Waals surface area contributed by atoms with Crippen molar-refractivity contribution < 1.29 is 4.92 Å². The molecule has 0 aliphatic heterocycles. The lowest BCUT2D eigenvalue weighted by atomic mass is 10.2. The predicted molar refractivity (Wildman–Crippen MR) is 92.0 cm³/mol. The van der Waals surface area contributed by atoms with Crippen LogP contribution >= 0.6 is 0 Å². The maximum absolute atomic E-state index is 10.8. The van der Waals surface area contributed by atoms with E-state index in [1.807, 2.05) is 13.0 Å². The van der Waals surface area contributed by atoms with Gasteiger partial charge in [-0.15, -0.1) is 5.10 Å². The molecular weight excluding hydrogens is 322 g/mol. The third kappa shape index (κ3) is 4.14. The Bertz CT molecular complexity index is 847. The Morgan fingerprint density at radius 1 is 1.24 bits per heavy atom. The van der Waals surface area contributed by atoms with E-state index in [-0.39, 0.29) is 5.69 Å². The average Bonchev–Trinajstić information content (AvgIpc) is 3.15. The van der Waals surface area contributed by atoms with Crippen molar-refractivity contribution in [2.45, 2.75) is 19.9 Å². The summed E-state index contributed by atoms with van der Waals surface area (Å²) in [5.74, 6) is 1.25. The second-order valence-corrected chi connectivity index (χ2v) is 5.32. The van der Waals surface area contributed by atoms with Crippen LogP contribution in [0, 0.1) is 10.1 Å². The van der Waals surface area contributed by atoms with Gasteiger partial charge in [-0.1, -0.05) is 12.1 Å². The van der Waals surface area contributed by atoms with Crippen LogP contribution in [0.3, 0.4) is 0 Å². The zero-order valence-electron chi connectivity index (χ0n) is 13.7. The molecule has 3 aromatic rings. The molecule has 0 unspecified atom stereocenters. The number of nitrogens with zero attached hydrogens (tertiary/aromatic N) is 6. The van der Waals surface area contributed by atoms with Crippen molar-refractivity contribution in [3.8, 4) is 11.4 Å². The molecule has 9 heteroatoms. The summed E-state index contributed by atoms with van der Waals surface area (Å²) in [6.07, 6.45) is 4.19. The third-order valence-electron chi connectivity index (χ3n) is 3.60. The van der Waals surface area contributed by atoms with Crippen molar-refractivity contribution in [1.82, 2.24) is 25.0 Å². The van der Waals surface area contributed by atoms with E-state index < -0.39 is 4.92 Å². The number of non-ortho nitro benzene ring substituents is 1. The summed E-state index contributed by atoms with van der Waals surface area (Å²) in [5.41, 5.74) is 1.67. The van der Waals surface area contributed by atoms with Crippen molar-refractivity contribution in [2.24, 2.45) is 0 Å². The molecule has 0 saturated heterocycles. The van der Waals surface area contributed by atoms with Crippen molar-refractivity contribution in [3.05, 3.63) is 58.5 Å². The van der Waals surface area contributed by atoms with Gasteiger partial charge < -0.3 is 5.32 Å². The minimum absolute atomic E-state index is 0.0431. The molecule has 0 fully saturated rings. The van der Waals surface area contributed by atoms with Crippen LogP contribution in [0.5, 0.6) is 0 Å². The highest BCUT2D eigenvalue weighted by molar-refractivity contribution is 5.59. The van der Waals surface area contributed by atoms with E-state index in [1.54, 1.807) is 29.2 Å². The molecule has 0 spiro atoms. The lowest BCUT2D eigenvalue weighted by Crippen LogP contribution is -2.12. The molecule has 2 heterocycles. The number of nitro benzene ring substituents is 1. The summed E-state index contributed by atoms with van der Waals surface area (Å²) in [4.78, 5) is 19.4. The standard InChI is InChI=1S/C16H17N7O2/c1-2-13-11-15(17-7-9-22-10-8-18-21-22)20-16(19-13)12-3-5-14(6-4-12)23(24)25/h3-6,8,10-11H,2,7,9H2,1H3,(H,17,19,20). The van der Waals surface area contributed by atoms with Crippen LogP contribution in [0.15, 0.2) is 42.7 Å². The SMILES string of the molecule is CCc1cc(NCCn2ccnn2)nc(-c2ccc([N+](=O)[O-])cc2)n1. The molecule has 2 aromatic heterocycles. The molecule has 0 amide bonds. The first-order valence-corrected chi connectivity index (χ1v) is 7.86. The van der Waals surface area contributed by atoms with E-state index in [2.05, 4.69) is 25.6 Å². The van der Waals surface area contributed by atoms with Gasteiger partial charge in [-0.05, 0) is 18.6 Å². The monoisotopic (exact) mass is 339 g/mol. The van der Waals surface area contributed by atoms with Gasteiger partial charge in [0.1, 0.15) is 5.82 Å². The zero-order valence-corrected chi connectivity index (χ0v) is 13.7. The number of hydrogen-bond donors (Lipinski definition) is 1. The van der Waals surface area contributed by atoms with E-state index in [0.29, 0.717) is 24.7 Å². The molecule has 128 valence electrons.